The molecule has 30 heavy (non-hydrogen) atoms. The number of rotatable bonds is 6. The zero-order chi connectivity index (χ0) is 21.7. The molecule has 0 atom stereocenters. The van der Waals surface area contributed by atoms with Gasteiger partial charge in [0.1, 0.15) is 11.5 Å². The number of carbonyl (C=O) groups is 1. The van der Waals surface area contributed by atoms with E-state index in [1.165, 1.54) is 0 Å². The maximum Gasteiger partial charge on any atom is 0.417 e. The molecule has 0 saturated carbocycles. The van der Waals surface area contributed by atoms with Gasteiger partial charge < -0.3 is 14.4 Å². The number of hydrogen-bond acceptors (Lipinski definition) is 4. The summed E-state index contributed by atoms with van der Waals surface area (Å²) in [5.41, 5.74) is 0.471. The number of carbonyl (C=O) groups excluding carboxylic acids is 1. The quantitative estimate of drug-likeness (QED) is 0.556. The number of benzene rings is 2. The molecule has 0 spiro atoms. The van der Waals surface area contributed by atoms with Gasteiger partial charge in [0, 0.05) is 37.0 Å². The number of nitrogens with zero attached hydrogens (tertiary/aromatic N) is 2. The lowest BCUT2D eigenvalue weighted by atomic mass is 10.1. The zero-order valence-electron chi connectivity index (χ0n) is 16.3. The number of amides is 1. The number of pyridine rings is 1. The molecule has 0 fully saturated rings. The van der Waals surface area contributed by atoms with Crippen LogP contribution in [0.15, 0.2) is 66.9 Å². The van der Waals surface area contributed by atoms with Crippen molar-refractivity contribution in [2.45, 2.75) is 12.7 Å². The summed E-state index contributed by atoms with van der Waals surface area (Å²) in [6, 6.07) is 15.8. The molecule has 0 unspecified atom stereocenters. The third-order valence-corrected chi connectivity index (χ3v) is 4.33. The van der Waals surface area contributed by atoms with E-state index >= 15 is 0 Å². The number of methoxy groups -OCH3 is 1. The van der Waals surface area contributed by atoms with Gasteiger partial charge in [0.05, 0.1) is 12.7 Å². The van der Waals surface area contributed by atoms with E-state index in [-0.39, 0.29) is 11.8 Å². The van der Waals surface area contributed by atoms with Gasteiger partial charge in [-0.3, -0.25) is 4.79 Å². The van der Waals surface area contributed by atoms with Crippen LogP contribution < -0.4 is 9.47 Å². The van der Waals surface area contributed by atoms with E-state index in [1.807, 2.05) is 24.3 Å². The van der Waals surface area contributed by atoms with Gasteiger partial charge in [0.2, 0.25) is 5.88 Å². The van der Waals surface area contributed by atoms with Crippen LogP contribution in [0, 0.1) is 0 Å². The summed E-state index contributed by atoms with van der Waals surface area (Å²) < 4.78 is 48.5. The summed E-state index contributed by atoms with van der Waals surface area (Å²) in [5.74, 6) is 0.881. The molecule has 0 N–H and O–H groups in total. The minimum absolute atomic E-state index is 0.0235. The lowest BCUT2D eigenvalue weighted by Crippen LogP contribution is -2.26. The number of hydrogen-bond donors (Lipinski definition) is 0. The molecule has 0 saturated heterocycles. The van der Waals surface area contributed by atoms with Gasteiger partial charge in [0.25, 0.3) is 5.91 Å². The topological polar surface area (TPSA) is 51.7 Å². The molecular formula is C22H19F3N2O3. The molecule has 8 heteroatoms. The smallest absolute Gasteiger partial charge is 0.417 e. The highest BCUT2D eigenvalue weighted by Gasteiger charge is 2.30. The normalized spacial score (nSPS) is 11.1. The summed E-state index contributed by atoms with van der Waals surface area (Å²) >= 11 is 0. The molecule has 5 nitrogen and oxygen atoms in total. The van der Waals surface area contributed by atoms with Gasteiger partial charge in [-0.2, -0.15) is 13.2 Å². The number of halogens is 3. The first-order valence-electron chi connectivity index (χ1n) is 8.96. The van der Waals surface area contributed by atoms with Crippen LogP contribution in [-0.4, -0.2) is 29.9 Å². The summed E-state index contributed by atoms with van der Waals surface area (Å²) in [6.07, 6.45) is -3.75. The molecule has 156 valence electrons. The lowest BCUT2D eigenvalue weighted by molar-refractivity contribution is -0.137. The van der Waals surface area contributed by atoms with Crippen molar-refractivity contribution in [3.8, 4) is 17.4 Å². The maximum atomic E-state index is 12.7. The highest BCUT2D eigenvalue weighted by atomic mass is 19.4. The van der Waals surface area contributed by atoms with Gasteiger partial charge in [-0.1, -0.05) is 18.2 Å². The highest BCUT2D eigenvalue weighted by Crippen LogP contribution is 2.30. The average molecular weight is 416 g/mol. The Morgan fingerprint density at radius 3 is 2.33 bits per heavy atom. The van der Waals surface area contributed by atoms with Crippen molar-refractivity contribution in [1.82, 2.24) is 9.88 Å². The second kappa shape index (κ2) is 8.86. The van der Waals surface area contributed by atoms with E-state index in [2.05, 4.69) is 4.98 Å². The van der Waals surface area contributed by atoms with E-state index < -0.39 is 11.7 Å². The fourth-order valence-corrected chi connectivity index (χ4v) is 2.78. The van der Waals surface area contributed by atoms with Gasteiger partial charge in [0.15, 0.2) is 0 Å². The summed E-state index contributed by atoms with van der Waals surface area (Å²) in [5, 5.41) is 0. The molecule has 3 rings (SSSR count). The Hall–Kier alpha value is -3.55. The first-order chi connectivity index (χ1) is 14.3. The average Bonchev–Trinajstić information content (AvgIpc) is 2.74. The van der Waals surface area contributed by atoms with E-state index in [0.29, 0.717) is 29.8 Å². The summed E-state index contributed by atoms with van der Waals surface area (Å²) in [6.45, 7) is 0.372. The van der Waals surface area contributed by atoms with Crippen molar-refractivity contribution >= 4 is 5.91 Å². The fraction of sp³-hybridized carbons (Fsp3) is 0.182. The van der Waals surface area contributed by atoms with Crippen molar-refractivity contribution < 1.29 is 27.4 Å². The molecule has 0 bridgehead atoms. The molecule has 1 aromatic heterocycles. The Bertz CT molecular complexity index is 1000. The molecule has 1 amide bonds. The molecule has 0 radical (unpaired) electrons. The molecule has 1 heterocycles. The standard InChI is InChI=1S/C22H19F3N2O3/c1-27(14-16-5-3-4-6-19(16)29-2)21(28)15-7-10-18(11-8-15)30-20-12-9-17(13-26-20)22(23,24)25/h3-13H,14H2,1-2H3. The monoisotopic (exact) mass is 416 g/mol. The second-order valence-electron chi connectivity index (χ2n) is 6.48. The van der Waals surface area contributed by atoms with Crippen molar-refractivity contribution in [1.29, 1.82) is 0 Å². The van der Waals surface area contributed by atoms with Crippen molar-refractivity contribution in [2.75, 3.05) is 14.2 Å². The van der Waals surface area contributed by atoms with Gasteiger partial charge in [-0.25, -0.2) is 4.98 Å². The first kappa shape index (κ1) is 21.2. The van der Waals surface area contributed by atoms with Crippen molar-refractivity contribution in [2.24, 2.45) is 0 Å². The van der Waals surface area contributed by atoms with Crippen LogP contribution in [0.2, 0.25) is 0 Å². The molecule has 0 aliphatic rings. The number of ether oxygens (including phenoxy) is 2. The largest absolute Gasteiger partial charge is 0.496 e. The van der Waals surface area contributed by atoms with Crippen LogP contribution in [0.3, 0.4) is 0 Å². The van der Waals surface area contributed by atoms with E-state index in [9.17, 15) is 18.0 Å². The van der Waals surface area contributed by atoms with Crippen molar-refractivity contribution in [3.63, 3.8) is 0 Å². The third-order valence-electron chi connectivity index (χ3n) is 4.33. The zero-order valence-corrected chi connectivity index (χ0v) is 16.3. The minimum Gasteiger partial charge on any atom is -0.496 e. The Labute approximate surface area is 171 Å². The maximum absolute atomic E-state index is 12.7. The summed E-state index contributed by atoms with van der Waals surface area (Å²) in [4.78, 5) is 17.9. The third kappa shape index (κ3) is 5.08. The van der Waals surface area contributed by atoms with Crippen LogP contribution in [-0.2, 0) is 12.7 Å². The molecule has 0 aliphatic carbocycles. The van der Waals surface area contributed by atoms with Crippen LogP contribution >= 0.6 is 0 Å². The van der Waals surface area contributed by atoms with E-state index in [1.54, 1.807) is 43.3 Å². The van der Waals surface area contributed by atoms with Crippen LogP contribution in [0.25, 0.3) is 0 Å². The number of alkyl halides is 3. The molecule has 0 aliphatic heterocycles. The predicted molar refractivity (Wildman–Crippen MR) is 105 cm³/mol. The Balaban J connectivity index is 1.65. The Morgan fingerprint density at radius 1 is 1.03 bits per heavy atom. The Morgan fingerprint density at radius 2 is 1.73 bits per heavy atom. The lowest BCUT2D eigenvalue weighted by Gasteiger charge is -2.19. The molecule has 3 aromatic rings. The SMILES string of the molecule is COc1ccccc1CN(C)C(=O)c1ccc(Oc2ccc(C(F)(F)F)cn2)cc1. The van der Waals surface area contributed by atoms with Gasteiger partial charge >= 0.3 is 6.18 Å². The van der Waals surface area contributed by atoms with Crippen LogP contribution in [0.5, 0.6) is 17.4 Å². The predicted octanol–water partition coefficient (Wildman–Crippen LogP) is 5.17. The second-order valence-corrected chi connectivity index (χ2v) is 6.48. The van der Waals surface area contributed by atoms with Gasteiger partial charge in [-0.05, 0) is 36.4 Å². The molecular weight excluding hydrogens is 397 g/mol. The fourth-order valence-electron chi connectivity index (χ4n) is 2.78. The first-order valence-corrected chi connectivity index (χ1v) is 8.96. The Kier molecular flexibility index (Phi) is 6.25. The van der Waals surface area contributed by atoms with E-state index in [4.69, 9.17) is 9.47 Å². The van der Waals surface area contributed by atoms with Crippen LogP contribution in [0.4, 0.5) is 13.2 Å². The minimum atomic E-state index is -4.46. The van der Waals surface area contributed by atoms with E-state index in [0.717, 1.165) is 17.7 Å². The van der Waals surface area contributed by atoms with Crippen molar-refractivity contribution in [3.05, 3.63) is 83.6 Å². The van der Waals surface area contributed by atoms with Crippen LogP contribution in [0.1, 0.15) is 21.5 Å². The molecule has 2 aromatic carbocycles. The number of aromatic nitrogens is 1. The van der Waals surface area contributed by atoms with Gasteiger partial charge in [-0.15, -0.1) is 0 Å². The number of para-hydroxylation sites is 1. The highest BCUT2D eigenvalue weighted by molar-refractivity contribution is 5.94. The summed E-state index contributed by atoms with van der Waals surface area (Å²) in [7, 11) is 3.26.